The molecule has 1 heterocycles. The lowest BCUT2D eigenvalue weighted by Crippen LogP contribution is -2.35. The molecule has 0 radical (unpaired) electrons. The van der Waals surface area contributed by atoms with Crippen LogP contribution in [0.3, 0.4) is 0 Å². The number of likely N-dealkylation sites (N-methyl/N-ethyl adjacent to an activating group) is 1. The van der Waals surface area contributed by atoms with Crippen LogP contribution in [0.4, 0.5) is 0 Å². The van der Waals surface area contributed by atoms with Crippen LogP contribution in [0.15, 0.2) is 0 Å². The Labute approximate surface area is 68.6 Å². The zero-order valence-corrected chi connectivity index (χ0v) is 7.79. The van der Waals surface area contributed by atoms with Crippen LogP contribution >= 0.6 is 0 Å². The number of hydrogen-bond donors (Lipinski definition) is 0. The normalized spacial score (nSPS) is 39.5. The van der Waals surface area contributed by atoms with E-state index in [-0.39, 0.29) is 6.04 Å². The first-order chi connectivity index (χ1) is 5.04. The van der Waals surface area contributed by atoms with Crippen molar-refractivity contribution in [2.75, 3.05) is 7.05 Å². The molecule has 2 heteroatoms. The lowest BCUT2D eigenvalue weighted by molar-refractivity contribution is -0.121. The van der Waals surface area contributed by atoms with Gasteiger partial charge in [0.1, 0.15) is 5.78 Å². The highest BCUT2D eigenvalue weighted by Gasteiger charge is 2.35. The number of nitrogens with zero attached hydrogens (tertiary/aromatic N) is 1. The predicted molar refractivity (Wildman–Crippen MR) is 45.5 cm³/mol. The molecule has 1 rings (SSSR count). The first-order valence-electron chi connectivity index (χ1n) is 4.26. The second-order valence-corrected chi connectivity index (χ2v) is 3.75. The standard InChI is InChI=1S/C9H17NO/c1-6-5-9(8(3)11)10(4)7(6)2/h6-7,9H,5H2,1-4H3. The monoisotopic (exact) mass is 155 g/mol. The maximum Gasteiger partial charge on any atom is 0.146 e. The van der Waals surface area contributed by atoms with Crippen LogP contribution in [-0.2, 0) is 4.79 Å². The third kappa shape index (κ3) is 1.45. The molecule has 64 valence electrons. The molecule has 0 aromatic rings. The van der Waals surface area contributed by atoms with E-state index in [1.54, 1.807) is 6.92 Å². The Bertz CT molecular complexity index is 167. The summed E-state index contributed by atoms with van der Waals surface area (Å²) in [4.78, 5) is 13.3. The number of ketones is 1. The molecule has 3 unspecified atom stereocenters. The van der Waals surface area contributed by atoms with E-state index in [1.807, 2.05) is 7.05 Å². The fourth-order valence-corrected chi connectivity index (χ4v) is 1.85. The minimum atomic E-state index is 0.181. The van der Waals surface area contributed by atoms with Crippen LogP contribution in [0, 0.1) is 5.92 Å². The fraction of sp³-hybridized carbons (Fsp3) is 0.889. The Kier molecular flexibility index (Phi) is 2.33. The molecule has 0 saturated carbocycles. The SMILES string of the molecule is CC(=O)C1CC(C)C(C)N1C. The largest absolute Gasteiger partial charge is 0.298 e. The summed E-state index contributed by atoms with van der Waals surface area (Å²) in [5.74, 6) is 0.970. The second kappa shape index (κ2) is 2.94. The van der Waals surface area contributed by atoms with Gasteiger partial charge in [0.15, 0.2) is 0 Å². The van der Waals surface area contributed by atoms with E-state index in [9.17, 15) is 4.79 Å². The maximum absolute atomic E-state index is 11.1. The Morgan fingerprint density at radius 1 is 1.45 bits per heavy atom. The Hall–Kier alpha value is -0.370. The summed E-state index contributed by atoms with van der Waals surface area (Å²) in [6, 6.07) is 0.740. The highest BCUT2D eigenvalue weighted by atomic mass is 16.1. The van der Waals surface area contributed by atoms with Crippen molar-refractivity contribution in [1.82, 2.24) is 4.90 Å². The van der Waals surface area contributed by atoms with Crippen molar-refractivity contribution < 1.29 is 4.79 Å². The van der Waals surface area contributed by atoms with Crippen LogP contribution in [0.25, 0.3) is 0 Å². The van der Waals surface area contributed by atoms with Crippen LogP contribution in [0.5, 0.6) is 0 Å². The van der Waals surface area contributed by atoms with Crippen molar-refractivity contribution in [3.8, 4) is 0 Å². The number of Topliss-reactive ketones (excluding diaryl/α,β-unsaturated/α-hetero) is 1. The maximum atomic E-state index is 11.1. The molecular weight excluding hydrogens is 138 g/mol. The summed E-state index contributed by atoms with van der Waals surface area (Å²) < 4.78 is 0. The first kappa shape index (κ1) is 8.72. The topological polar surface area (TPSA) is 20.3 Å². The van der Waals surface area contributed by atoms with E-state index in [0.717, 1.165) is 6.42 Å². The molecule has 0 aromatic heterocycles. The van der Waals surface area contributed by atoms with Gasteiger partial charge in [-0.1, -0.05) is 6.92 Å². The highest BCUT2D eigenvalue weighted by Crippen LogP contribution is 2.27. The first-order valence-corrected chi connectivity index (χ1v) is 4.26. The van der Waals surface area contributed by atoms with E-state index in [2.05, 4.69) is 18.7 Å². The van der Waals surface area contributed by atoms with Crippen LogP contribution in [-0.4, -0.2) is 29.8 Å². The number of likely N-dealkylation sites (tertiary alicyclic amines) is 1. The van der Waals surface area contributed by atoms with Gasteiger partial charge in [0.25, 0.3) is 0 Å². The van der Waals surface area contributed by atoms with Crippen molar-refractivity contribution in [3.63, 3.8) is 0 Å². The molecule has 1 aliphatic rings. The van der Waals surface area contributed by atoms with Crippen molar-refractivity contribution in [3.05, 3.63) is 0 Å². The zero-order chi connectivity index (χ0) is 8.59. The van der Waals surface area contributed by atoms with E-state index < -0.39 is 0 Å². The summed E-state index contributed by atoms with van der Waals surface area (Å²) in [5, 5.41) is 0. The summed E-state index contributed by atoms with van der Waals surface area (Å²) >= 11 is 0. The second-order valence-electron chi connectivity index (χ2n) is 3.75. The van der Waals surface area contributed by atoms with Crippen LogP contribution in [0.1, 0.15) is 27.2 Å². The quantitative estimate of drug-likeness (QED) is 0.569. The lowest BCUT2D eigenvalue weighted by atomic mass is 10.0. The van der Waals surface area contributed by atoms with Gasteiger partial charge in [0.05, 0.1) is 6.04 Å². The third-order valence-electron chi connectivity index (χ3n) is 3.02. The van der Waals surface area contributed by atoms with Gasteiger partial charge in [0.2, 0.25) is 0 Å². The molecule has 0 aliphatic carbocycles. The molecule has 2 nitrogen and oxygen atoms in total. The number of carbonyl (C=O) groups excluding carboxylic acids is 1. The summed E-state index contributed by atoms with van der Waals surface area (Å²) in [6.07, 6.45) is 1.03. The Morgan fingerprint density at radius 2 is 2.00 bits per heavy atom. The van der Waals surface area contributed by atoms with Gasteiger partial charge in [-0.3, -0.25) is 9.69 Å². The van der Waals surface area contributed by atoms with E-state index in [0.29, 0.717) is 17.7 Å². The van der Waals surface area contributed by atoms with Crippen molar-refractivity contribution >= 4 is 5.78 Å². The minimum absolute atomic E-state index is 0.181. The van der Waals surface area contributed by atoms with Crippen LogP contribution in [0.2, 0.25) is 0 Å². The third-order valence-corrected chi connectivity index (χ3v) is 3.02. The van der Waals surface area contributed by atoms with Gasteiger partial charge >= 0.3 is 0 Å². The van der Waals surface area contributed by atoms with Gasteiger partial charge < -0.3 is 0 Å². The van der Waals surface area contributed by atoms with Gasteiger partial charge in [-0.15, -0.1) is 0 Å². The number of hydrogen-bond acceptors (Lipinski definition) is 2. The van der Waals surface area contributed by atoms with Gasteiger partial charge in [-0.05, 0) is 33.2 Å². The summed E-state index contributed by atoms with van der Waals surface area (Å²) in [6.45, 7) is 6.09. The summed E-state index contributed by atoms with van der Waals surface area (Å²) in [5.41, 5.74) is 0. The molecule has 0 bridgehead atoms. The highest BCUT2D eigenvalue weighted by molar-refractivity contribution is 5.81. The molecule has 0 N–H and O–H groups in total. The number of carbonyl (C=O) groups is 1. The van der Waals surface area contributed by atoms with Crippen molar-refractivity contribution in [2.24, 2.45) is 5.92 Å². The van der Waals surface area contributed by atoms with Crippen LogP contribution < -0.4 is 0 Å². The van der Waals surface area contributed by atoms with Gasteiger partial charge in [-0.2, -0.15) is 0 Å². The summed E-state index contributed by atoms with van der Waals surface area (Å²) in [7, 11) is 2.04. The smallest absolute Gasteiger partial charge is 0.146 e. The van der Waals surface area contributed by atoms with Crippen molar-refractivity contribution in [1.29, 1.82) is 0 Å². The van der Waals surface area contributed by atoms with E-state index in [4.69, 9.17) is 0 Å². The van der Waals surface area contributed by atoms with E-state index in [1.165, 1.54) is 0 Å². The number of rotatable bonds is 1. The average molecular weight is 155 g/mol. The molecule has 3 atom stereocenters. The van der Waals surface area contributed by atoms with E-state index >= 15 is 0 Å². The molecule has 0 amide bonds. The fourth-order valence-electron chi connectivity index (χ4n) is 1.85. The Morgan fingerprint density at radius 3 is 2.18 bits per heavy atom. The molecule has 0 spiro atoms. The minimum Gasteiger partial charge on any atom is -0.298 e. The Balaban J connectivity index is 2.67. The van der Waals surface area contributed by atoms with Gasteiger partial charge in [0, 0.05) is 6.04 Å². The molecule has 11 heavy (non-hydrogen) atoms. The molecular formula is C9H17NO. The molecule has 0 aromatic carbocycles. The molecule has 1 saturated heterocycles. The predicted octanol–water partition coefficient (Wildman–Crippen LogP) is 1.30. The molecule has 1 fully saturated rings. The molecule has 1 aliphatic heterocycles. The average Bonchev–Trinajstić information content (AvgIpc) is 2.17. The van der Waals surface area contributed by atoms with Gasteiger partial charge in [-0.25, -0.2) is 0 Å². The zero-order valence-electron chi connectivity index (χ0n) is 7.79. The lowest BCUT2D eigenvalue weighted by Gasteiger charge is -2.21. The van der Waals surface area contributed by atoms with Crippen molar-refractivity contribution in [2.45, 2.75) is 39.3 Å².